The molecule has 31 heavy (non-hydrogen) atoms. The van der Waals surface area contributed by atoms with Crippen molar-refractivity contribution < 1.29 is 16.8 Å². The molecule has 0 saturated carbocycles. The average Bonchev–Trinajstić information content (AvgIpc) is 3.08. The van der Waals surface area contributed by atoms with Crippen LogP contribution in [0, 0.1) is 0 Å². The van der Waals surface area contributed by atoms with Crippen LogP contribution in [-0.2, 0) is 20.0 Å². The molecule has 3 aromatic rings. The molecule has 0 N–H and O–H groups in total. The van der Waals surface area contributed by atoms with Crippen LogP contribution in [-0.4, -0.2) is 51.6 Å². The highest BCUT2D eigenvalue weighted by molar-refractivity contribution is 7.89. The standard InChI is InChI=1S/C23H24N2O4S2/c26-30(27,21-12-5-2-6-13-21)24-16-9-17-25(19-18-24)31(28,29)23-15-8-7-14-22(23)20-10-3-1-4-11-20/h1-8,10-15H,9,16-19H2. The Kier molecular flexibility index (Phi) is 6.24. The van der Waals surface area contributed by atoms with Gasteiger partial charge in [0.25, 0.3) is 0 Å². The highest BCUT2D eigenvalue weighted by atomic mass is 32.2. The molecule has 6 nitrogen and oxygen atoms in total. The fraction of sp³-hybridized carbons (Fsp3) is 0.217. The molecule has 0 radical (unpaired) electrons. The molecular weight excluding hydrogens is 432 g/mol. The van der Waals surface area contributed by atoms with Crippen molar-refractivity contribution in [2.45, 2.75) is 16.2 Å². The number of nitrogens with zero attached hydrogens (tertiary/aromatic N) is 2. The van der Waals surface area contributed by atoms with Gasteiger partial charge in [-0.15, -0.1) is 0 Å². The molecule has 162 valence electrons. The van der Waals surface area contributed by atoms with Crippen molar-refractivity contribution in [3.05, 3.63) is 84.9 Å². The van der Waals surface area contributed by atoms with Crippen LogP contribution in [0.1, 0.15) is 6.42 Å². The van der Waals surface area contributed by atoms with Gasteiger partial charge in [-0.3, -0.25) is 0 Å². The lowest BCUT2D eigenvalue weighted by atomic mass is 10.1. The Labute approximate surface area is 183 Å². The Morgan fingerprint density at radius 3 is 1.71 bits per heavy atom. The molecule has 0 unspecified atom stereocenters. The van der Waals surface area contributed by atoms with Gasteiger partial charge in [-0.05, 0) is 30.2 Å². The van der Waals surface area contributed by atoms with E-state index >= 15 is 0 Å². The van der Waals surface area contributed by atoms with E-state index in [1.807, 2.05) is 36.4 Å². The summed E-state index contributed by atoms with van der Waals surface area (Å²) >= 11 is 0. The van der Waals surface area contributed by atoms with Gasteiger partial charge in [0, 0.05) is 31.7 Å². The van der Waals surface area contributed by atoms with Crippen LogP contribution in [0.3, 0.4) is 0 Å². The molecule has 0 spiro atoms. The van der Waals surface area contributed by atoms with Crippen LogP contribution < -0.4 is 0 Å². The summed E-state index contributed by atoms with van der Waals surface area (Å²) in [5.41, 5.74) is 1.46. The largest absolute Gasteiger partial charge is 0.243 e. The lowest BCUT2D eigenvalue weighted by molar-refractivity contribution is 0.404. The minimum Gasteiger partial charge on any atom is -0.207 e. The second kappa shape index (κ2) is 8.92. The molecule has 1 heterocycles. The fourth-order valence-electron chi connectivity index (χ4n) is 3.78. The smallest absolute Gasteiger partial charge is 0.207 e. The molecule has 0 bridgehead atoms. The maximum atomic E-state index is 13.5. The van der Waals surface area contributed by atoms with Crippen LogP contribution in [0.2, 0.25) is 0 Å². The summed E-state index contributed by atoms with van der Waals surface area (Å²) in [6.45, 7) is 0.775. The number of benzene rings is 3. The van der Waals surface area contributed by atoms with Gasteiger partial charge in [0.15, 0.2) is 0 Å². The molecule has 1 aliphatic heterocycles. The number of rotatable bonds is 5. The van der Waals surface area contributed by atoms with Gasteiger partial charge in [0.1, 0.15) is 0 Å². The summed E-state index contributed by atoms with van der Waals surface area (Å²) in [5, 5.41) is 0. The van der Waals surface area contributed by atoms with Crippen LogP contribution in [0.5, 0.6) is 0 Å². The van der Waals surface area contributed by atoms with Gasteiger partial charge in [0.2, 0.25) is 20.0 Å². The summed E-state index contributed by atoms with van der Waals surface area (Å²) in [6.07, 6.45) is 0.429. The maximum Gasteiger partial charge on any atom is 0.243 e. The van der Waals surface area contributed by atoms with E-state index in [0.717, 1.165) is 5.56 Å². The van der Waals surface area contributed by atoms with Crippen molar-refractivity contribution in [3.63, 3.8) is 0 Å². The minimum absolute atomic E-state index is 0.109. The summed E-state index contributed by atoms with van der Waals surface area (Å²) in [6, 6.07) is 24.6. The van der Waals surface area contributed by atoms with E-state index in [1.54, 1.807) is 48.5 Å². The lowest BCUT2D eigenvalue weighted by Gasteiger charge is -2.23. The first-order valence-electron chi connectivity index (χ1n) is 10.1. The monoisotopic (exact) mass is 456 g/mol. The third-order valence-electron chi connectivity index (χ3n) is 5.38. The summed E-state index contributed by atoms with van der Waals surface area (Å²) < 4.78 is 55.7. The van der Waals surface area contributed by atoms with Gasteiger partial charge >= 0.3 is 0 Å². The Morgan fingerprint density at radius 1 is 0.548 bits per heavy atom. The van der Waals surface area contributed by atoms with Crippen LogP contribution in [0.25, 0.3) is 11.1 Å². The summed E-state index contributed by atoms with van der Waals surface area (Å²) in [4.78, 5) is 0.460. The van der Waals surface area contributed by atoms with E-state index in [2.05, 4.69) is 0 Å². The van der Waals surface area contributed by atoms with Crippen molar-refractivity contribution >= 4 is 20.0 Å². The predicted octanol–water partition coefficient (Wildman–Crippen LogP) is 3.44. The molecule has 1 fully saturated rings. The van der Waals surface area contributed by atoms with E-state index in [1.165, 1.54) is 8.61 Å². The van der Waals surface area contributed by atoms with Crippen LogP contribution in [0.15, 0.2) is 94.7 Å². The molecule has 1 saturated heterocycles. The molecule has 0 aromatic heterocycles. The zero-order valence-corrected chi connectivity index (χ0v) is 18.6. The minimum atomic E-state index is -3.79. The van der Waals surface area contributed by atoms with E-state index in [4.69, 9.17) is 0 Å². The Morgan fingerprint density at radius 2 is 1.06 bits per heavy atom. The number of sulfonamides is 2. The zero-order chi connectivity index (χ0) is 21.9. The normalized spacial score (nSPS) is 16.6. The third kappa shape index (κ3) is 4.43. The third-order valence-corrected chi connectivity index (χ3v) is 9.25. The molecule has 8 heteroatoms. The van der Waals surface area contributed by atoms with Gasteiger partial charge in [-0.1, -0.05) is 66.7 Å². The second-order valence-corrected chi connectivity index (χ2v) is 11.2. The summed E-state index contributed by atoms with van der Waals surface area (Å²) in [7, 11) is -7.44. The zero-order valence-electron chi connectivity index (χ0n) is 17.0. The van der Waals surface area contributed by atoms with E-state index in [9.17, 15) is 16.8 Å². The Balaban J connectivity index is 1.61. The van der Waals surface area contributed by atoms with E-state index in [-0.39, 0.29) is 36.0 Å². The Bertz CT molecular complexity index is 1250. The predicted molar refractivity (Wildman–Crippen MR) is 120 cm³/mol. The molecule has 0 amide bonds. The molecule has 0 aliphatic carbocycles. The second-order valence-electron chi connectivity index (χ2n) is 7.34. The molecule has 4 rings (SSSR count). The van der Waals surface area contributed by atoms with Crippen molar-refractivity contribution in [2.75, 3.05) is 26.2 Å². The Hall–Kier alpha value is -2.52. The van der Waals surface area contributed by atoms with Crippen molar-refractivity contribution in [1.29, 1.82) is 0 Å². The quantitative estimate of drug-likeness (QED) is 0.590. The van der Waals surface area contributed by atoms with Crippen LogP contribution >= 0.6 is 0 Å². The average molecular weight is 457 g/mol. The van der Waals surface area contributed by atoms with E-state index < -0.39 is 20.0 Å². The first-order chi connectivity index (χ1) is 14.9. The van der Waals surface area contributed by atoms with Crippen molar-refractivity contribution in [3.8, 4) is 11.1 Å². The van der Waals surface area contributed by atoms with Crippen LogP contribution in [0.4, 0.5) is 0 Å². The van der Waals surface area contributed by atoms with Gasteiger partial charge in [0.05, 0.1) is 9.79 Å². The maximum absolute atomic E-state index is 13.5. The number of hydrogen-bond donors (Lipinski definition) is 0. The first-order valence-corrected chi connectivity index (χ1v) is 13.0. The van der Waals surface area contributed by atoms with Gasteiger partial charge < -0.3 is 0 Å². The lowest BCUT2D eigenvalue weighted by Crippen LogP contribution is -2.37. The SMILES string of the molecule is O=S(=O)(c1ccccc1)N1CCCN(S(=O)(=O)c2ccccc2-c2ccccc2)CC1. The van der Waals surface area contributed by atoms with E-state index in [0.29, 0.717) is 12.0 Å². The fourth-order valence-corrected chi connectivity index (χ4v) is 6.95. The van der Waals surface area contributed by atoms with Crippen molar-refractivity contribution in [2.24, 2.45) is 0 Å². The topological polar surface area (TPSA) is 74.8 Å². The number of hydrogen-bond acceptors (Lipinski definition) is 4. The molecule has 1 aliphatic rings. The molecular formula is C23H24N2O4S2. The first kappa shape index (κ1) is 21.7. The van der Waals surface area contributed by atoms with Gasteiger partial charge in [-0.25, -0.2) is 16.8 Å². The van der Waals surface area contributed by atoms with Crippen molar-refractivity contribution in [1.82, 2.24) is 8.61 Å². The highest BCUT2D eigenvalue weighted by Crippen LogP contribution is 2.30. The molecule has 0 atom stereocenters. The summed E-state index contributed by atoms with van der Waals surface area (Å²) in [5.74, 6) is 0. The van der Waals surface area contributed by atoms with Gasteiger partial charge in [-0.2, -0.15) is 8.61 Å². The molecule has 3 aromatic carbocycles. The highest BCUT2D eigenvalue weighted by Gasteiger charge is 2.32.